The second kappa shape index (κ2) is 8.10. The van der Waals surface area contributed by atoms with Gasteiger partial charge in [-0.1, -0.05) is 12.1 Å². The molecule has 138 valence electrons. The fourth-order valence-corrected chi connectivity index (χ4v) is 3.30. The average Bonchev–Trinajstić information content (AvgIpc) is 2.64. The maximum Gasteiger partial charge on any atom is 0.325 e. The molecule has 0 bridgehead atoms. The number of benzene rings is 2. The van der Waals surface area contributed by atoms with E-state index in [1.165, 1.54) is 12.1 Å². The summed E-state index contributed by atoms with van der Waals surface area (Å²) in [5.41, 5.74) is 0.590. The topological polar surface area (TPSA) is 79.2 Å². The van der Waals surface area contributed by atoms with Crippen molar-refractivity contribution in [1.82, 2.24) is 4.90 Å². The summed E-state index contributed by atoms with van der Waals surface area (Å²) in [7, 11) is 1.62. The number of aromatic hydroxyl groups is 1. The van der Waals surface area contributed by atoms with Crippen molar-refractivity contribution in [3.63, 3.8) is 0 Å². The number of methoxy groups -OCH3 is 1. The van der Waals surface area contributed by atoms with Crippen LogP contribution in [0.25, 0.3) is 0 Å². The molecule has 0 saturated carbocycles. The van der Waals surface area contributed by atoms with Gasteiger partial charge in [-0.3, -0.25) is 9.69 Å². The quantitative estimate of drug-likeness (QED) is 0.827. The molecule has 0 aliphatic carbocycles. The lowest BCUT2D eigenvalue weighted by atomic mass is 10.00. The molecule has 0 unspecified atom stereocenters. The molecular weight excluding hydrogens is 334 g/mol. The second-order valence-corrected chi connectivity index (χ2v) is 6.36. The van der Waals surface area contributed by atoms with E-state index in [4.69, 9.17) is 9.47 Å². The minimum Gasteiger partial charge on any atom is -0.508 e. The summed E-state index contributed by atoms with van der Waals surface area (Å²) in [4.78, 5) is 13.7. The van der Waals surface area contributed by atoms with Gasteiger partial charge in [-0.15, -0.1) is 0 Å². The molecule has 1 heterocycles. The Morgan fingerprint density at radius 3 is 2.35 bits per heavy atom. The number of nitrogens with zero attached hydrogens (tertiary/aromatic N) is 1. The predicted molar refractivity (Wildman–Crippen MR) is 96.7 cm³/mol. The van der Waals surface area contributed by atoms with Crippen molar-refractivity contribution < 1.29 is 24.5 Å². The van der Waals surface area contributed by atoms with E-state index in [-0.39, 0.29) is 11.9 Å². The van der Waals surface area contributed by atoms with Gasteiger partial charge in [0.15, 0.2) is 0 Å². The fourth-order valence-electron chi connectivity index (χ4n) is 3.30. The molecule has 6 nitrogen and oxygen atoms in total. The van der Waals surface area contributed by atoms with E-state index >= 15 is 0 Å². The van der Waals surface area contributed by atoms with Gasteiger partial charge in [0.2, 0.25) is 0 Å². The maximum absolute atomic E-state index is 11.8. The third-order valence-electron chi connectivity index (χ3n) is 4.62. The van der Waals surface area contributed by atoms with Gasteiger partial charge in [0, 0.05) is 13.1 Å². The van der Waals surface area contributed by atoms with E-state index in [0.717, 1.165) is 24.3 Å². The summed E-state index contributed by atoms with van der Waals surface area (Å²) in [5, 5.41) is 19.3. The number of phenolic OH excluding ortho intramolecular Hbond substituents is 1. The molecule has 0 amide bonds. The van der Waals surface area contributed by atoms with E-state index < -0.39 is 12.0 Å². The number of likely N-dealkylation sites (tertiary alicyclic amines) is 1. The summed E-state index contributed by atoms with van der Waals surface area (Å²) in [5.74, 6) is 0.728. The first-order chi connectivity index (χ1) is 12.6. The Bertz CT molecular complexity index is 738. The smallest absolute Gasteiger partial charge is 0.325 e. The molecule has 2 aromatic carbocycles. The van der Waals surface area contributed by atoms with Crippen LogP contribution in [0.5, 0.6) is 17.2 Å². The van der Waals surface area contributed by atoms with Crippen molar-refractivity contribution in [2.75, 3.05) is 20.2 Å². The number of carbonyl (C=O) groups is 1. The number of hydrogen-bond acceptors (Lipinski definition) is 5. The molecule has 2 N–H and O–H groups in total. The maximum atomic E-state index is 11.8. The highest BCUT2D eigenvalue weighted by molar-refractivity contribution is 5.75. The monoisotopic (exact) mass is 357 g/mol. The summed E-state index contributed by atoms with van der Waals surface area (Å²) in [6.45, 7) is 1.24. The fraction of sp³-hybridized carbons (Fsp3) is 0.350. The van der Waals surface area contributed by atoms with Gasteiger partial charge in [-0.05, 0) is 54.8 Å². The molecule has 1 atom stereocenters. The molecule has 26 heavy (non-hydrogen) atoms. The zero-order valence-electron chi connectivity index (χ0n) is 14.7. The van der Waals surface area contributed by atoms with Crippen LogP contribution < -0.4 is 9.47 Å². The first kappa shape index (κ1) is 18.1. The first-order valence-electron chi connectivity index (χ1n) is 8.63. The third kappa shape index (κ3) is 4.26. The molecule has 0 spiro atoms. The van der Waals surface area contributed by atoms with Crippen molar-refractivity contribution in [3.05, 3.63) is 54.1 Å². The zero-order chi connectivity index (χ0) is 18.5. The summed E-state index contributed by atoms with van der Waals surface area (Å²) >= 11 is 0. The summed E-state index contributed by atoms with van der Waals surface area (Å²) < 4.78 is 11.1. The highest BCUT2D eigenvalue weighted by atomic mass is 16.5. The van der Waals surface area contributed by atoms with Gasteiger partial charge in [0.05, 0.1) is 7.11 Å². The van der Waals surface area contributed by atoms with Crippen LogP contribution in [-0.2, 0) is 4.79 Å². The predicted octanol–water partition coefficient (Wildman–Crippen LogP) is 3.07. The van der Waals surface area contributed by atoms with Crippen LogP contribution in [0.2, 0.25) is 0 Å². The van der Waals surface area contributed by atoms with Crippen molar-refractivity contribution in [1.29, 1.82) is 0 Å². The Labute approximate surface area is 152 Å². The molecule has 1 aliphatic rings. The van der Waals surface area contributed by atoms with Gasteiger partial charge in [0.1, 0.15) is 29.4 Å². The van der Waals surface area contributed by atoms with Crippen LogP contribution >= 0.6 is 0 Å². The Morgan fingerprint density at radius 2 is 1.77 bits per heavy atom. The number of aliphatic carboxylic acids is 1. The molecule has 2 aromatic rings. The van der Waals surface area contributed by atoms with Gasteiger partial charge in [-0.2, -0.15) is 0 Å². The lowest BCUT2D eigenvalue weighted by Gasteiger charge is -2.35. The van der Waals surface area contributed by atoms with Crippen molar-refractivity contribution in [2.24, 2.45) is 0 Å². The normalized spacial score (nSPS) is 16.8. The lowest BCUT2D eigenvalue weighted by Crippen LogP contribution is -2.42. The van der Waals surface area contributed by atoms with E-state index in [9.17, 15) is 15.0 Å². The van der Waals surface area contributed by atoms with Gasteiger partial charge >= 0.3 is 5.97 Å². The molecule has 1 saturated heterocycles. The van der Waals surface area contributed by atoms with Gasteiger partial charge in [0.25, 0.3) is 0 Å². The highest BCUT2D eigenvalue weighted by Gasteiger charge is 2.31. The standard InChI is InChI=1S/C20H23NO5/c1-25-16-5-7-17(8-6-16)26-18-9-11-21(12-10-18)19(20(23)24)14-3-2-4-15(22)13-14/h2-8,13,18-19,22H,9-12H2,1H3,(H,23,24)/t19-/m0/s1. The van der Waals surface area contributed by atoms with Crippen molar-refractivity contribution >= 4 is 5.97 Å². The van der Waals surface area contributed by atoms with Crippen LogP contribution in [0.3, 0.4) is 0 Å². The molecule has 0 radical (unpaired) electrons. The Kier molecular flexibility index (Phi) is 5.63. The number of phenols is 1. The van der Waals surface area contributed by atoms with Crippen molar-refractivity contribution in [2.45, 2.75) is 25.0 Å². The molecule has 1 fully saturated rings. The summed E-state index contributed by atoms with van der Waals surface area (Å²) in [6, 6.07) is 13.1. The van der Waals surface area contributed by atoms with Crippen LogP contribution in [-0.4, -0.2) is 47.4 Å². The SMILES string of the molecule is COc1ccc(OC2CCN([C@H](C(=O)O)c3cccc(O)c3)CC2)cc1. The summed E-state index contributed by atoms with van der Waals surface area (Å²) in [6.07, 6.45) is 1.54. The zero-order valence-corrected chi connectivity index (χ0v) is 14.7. The second-order valence-electron chi connectivity index (χ2n) is 6.36. The number of carboxylic acids is 1. The van der Waals surface area contributed by atoms with E-state index in [1.54, 1.807) is 19.2 Å². The average molecular weight is 357 g/mol. The highest BCUT2D eigenvalue weighted by Crippen LogP contribution is 2.29. The largest absolute Gasteiger partial charge is 0.508 e. The molecular formula is C20H23NO5. The van der Waals surface area contributed by atoms with Gasteiger partial charge < -0.3 is 19.7 Å². The lowest BCUT2D eigenvalue weighted by molar-refractivity contribution is -0.144. The van der Waals surface area contributed by atoms with E-state index in [2.05, 4.69) is 0 Å². The van der Waals surface area contributed by atoms with Crippen LogP contribution in [0.15, 0.2) is 48.5 Å². The Hall–Kier alpha value is -2.73. The minimum atomic E-state index is -0.912. The number of hydrogen-bond donors (Lipinski definition) is 2. The Balaban J connectivity index is 1.61. The molecule has 0 aromatic heterocycles. The molecule has 6 heteroatoms. The van der Waals surface area contributed by atoms with Crippen molar-refractivity contribution in [3.8, 4) is 17.2 Å². The number of piperidine rings is 1. The number of ether oxygens (including phenoxy) is 2. The molecule has 1 aliphatic heterocycles. The van der Waals surface area contributed by atoms with Crippen LogP contribution in [0.1, 0.15) is 24.4 Å². The third-order valence-corrected chi connectivity index (χ3v) is 4.62. The Morgan fingerprint density at radius 1 is 1.12 bits per heavy atom. The van der Waals surface area contributed by atoms with E-state index in [1.807, 2.05) is 29.2 Å². The van der Waals surface area contributed by atoms with Gasteiger partial charge in [-0.25, -0.2) is 0 Å². The van der Waals surface area contributed by atoms with Crippen LogP contribution in [0, 0.1) is 0 Å². The van der Waals surface area contributed by atoms with E-state index in [0.29, 0.717) is 18.7 Å². The molecule has 3 rings (SSSR count). The number of carboxylic acid groups (broad SMARTS) is 1. The number of rotatable bonds is 6. The first-order valence-corrected chi connectivity index (χ1v) is 8.63. The minimum absolute atomic E-state index is 0.0539. The van der Waals surface area contributed by atoms with Crippen LogP contribution in [0.4, 0.5) is 0 Å².